The molecule has 0 radical (unpaired) electrons. The van der Waals surface area contributed by atoms with E-state index in [4.69, 9.17) is 0 Å². The van der Waals surface area contributed by atoms with Crippen molar-refractivity contribution in [1.82, 2.24) is 9.62 Å². The van der Waals surface area contributed by atoms with E-state index in [0.717, 1.165) is 33.4 Å². The van der Waals surface area contributed by atoms with Gasteiger partial charge in [-0.3, -0.25) is 4.79 Å². The van der Waals surface area contributed by atoms with Crippen molar-refractivity contribution < 1.29 is 13.2 Å². The Morgan fingerprint density at radius 3 is 1.86 bits per heavy atom. The van der Waals surface area contributed by atoms with E-state index in [1.54, 1.807) is 24.3 Å². The Hall–Kier alpha value is -2.96. The number of rotatable bonds is 9. The molecule has 5 nitrogen and oxygen atoms in total. The van der Waals surface area contributed by atoms with Gasteiger partial charge in [-0.2, -0.15) is 0 Å². The summed E-state index contributed by atoms with van der Waals surface area (Å²) in [5.74, 6) is -0.168. The van der Waals surface area contributed by atoms with Crippen LogP contribution in [-0.2, 0) is 27.8 Å². The number of nitrogens with zero attached hydrogens (tertiary/aromatic N) is 1. The molecule has 0 saturated heterocycles. The molecule has 0 unspecified atom stereocenters. The first-order valence-electron chi connectivity index (χ1n) is 12.0. The molecule has 35 heavy (non-hydrogen) atoms. The molecule has 0 fully saturated rings. The van der Waals surface area contributed by atoms with Gasteiger partial charge in [0.1, 0.15) is 0 Å². The van der Waals surface area contributed by atoms with Crippen LogP contribution in [-0.4, -0.2) is 33.3 Å². The fourth-order valence-electron chi connectivity index (χ4n) is 4.29. The monoisotopic (exact) mass is 492 g/mol. The number of hydrogen-bond donors (Lipinski definition) is 1. The zero-order chi connectivity index (χ0) is 25.8. The summed E-state index contributed by atoms with van der Waals surface area (Å²) in [6.07, 6.45) is 0.00798. The lowest BCUT2D eigenvalue weighted by molar-refractivity contribution is -0.118. The van der Waals surface area contributed by atoms with Crippen LogP contribution in [0.1, 0.15) is 61.8 Å². The van der Waals surface area contributed by atoms with Gasteiger partial charge >= 0.3 is 0 Å². The minimum Gasteiger partial charge on any atom is -0.305 e. The first-order valence-corrected chi connectivity index (χ1v) is 13.5. The van der Waals surface area contributed by atoms with E-state index in [1.165, 1.54) is 0 Å². The number of sulfonamides is 1. The van der Waals surface area contributed by atoms with Crippen LogP contribution in [0, 0.1) is 0 Å². The second-order valence-electron chi connectivity index (χ2n) is 9.90. The third-order valence-corrected chi connectivity index (χ3v) is 7.38. The second kappa shape index (κ2) is 11.2. The Bertz CT molecular complexity index is 1230. The lowest BCUT2D eigenvalue weighted by Crippen LogP contribution is -2.32. The molecule has 0 heterocycles. The molecule has 0 aliphatic heterocycles. The van der Waals surface area contributed by atoms with Crippen LogP contribution in [0.4, 0.5) is 0 Å². The summed E-state index contributed by atoms with van der Waals surface area (Å²) in [7, 11) is -0.0504. The molecule has 0 saturated carbocycles. The quantitative estimate of drug-likeness (QED) is 0.415. The summed E-state index contributed by atoms with van der Waals surface area (Å²) in [6, 6.07) is 21.1. The van der Waals surface area contributed by atoms with Crippen LogP contribution in [0.15, 0.2) is 71.6 Å². The largest absolute Gasteiger partial charge is 0.305 e. The Labute approximate surface area is 210 Å². The fourth-order valence-corrected chi connectivity index (χ4v) is 5.28. The third kappa shape index (κ3) is 6.80. The highest BCUT2D eigenvalue weighted by atomic mass is 32.2. The molecule has 0 aliphatic rings. The first kappa shape index (κ1) is 26.6. The van der Waals surface area contributed by atoms with E-state index in [2.05, 4.69) is 56.7 Å². The van der Waals surface area contributed by atoms with E-state index in [0.29, 0.717) is 6.54 Å². The van der Waals surface area contributed by atoms with Crippen molar-refractivity contribution >= 4 is 15.9 Å². The van der Waals surface area contributed by atoms with E-state index < -0.39 is 15.9 Å². The van der Waals surface area contributed by atoms with Crippen LogP contribution in [0.25, 0.3) is 11.1 Å². The second-order valence-corrected chi connectivity index (χ2v) is 11.6. The summed E-state index contributed by atoms with van der Waals surface area (Å²) in [5, 5.41) is 0. The first-order chi connectivity index (χ1) is 16.5. The van der Waals surface area contributed by atoms with Gasteiger partial charge in [0.2, 0.25) is 5.91 Å². The number of hydrogen-bond acceptors (Lipinski definition) is 4. The van der Waals surface area contributed by atoms with Crippen LogP contribution < -0.4 is 4.72 Å². The highest BCUT2D eigenvalue weighted by Gasteiger charge is 2.22. The van der Waals surface area contributed by atoms with Gasteiger partial charge in [0.05, 0.1) is 11.3 Å². The van der Waals surface area contributed by atoms with E-state index in [-0.39, 0.29) is 23.2 Å². The molecule has 1 amide bonds. The highest BCUT2D eigenvalue weighted by molar-refractivity contribution is 7.90. The molecule has 0 spiro atoms. The fraction of sp³-hybridized carbons (Fsp3) is 0.345. The maximum atomic E-state index is 13.0. The van der Waals surface area contributed by atoms with Crippen molar-refractivity contribution in [3.8, 4) is 11.1 Å². The smallest absolute Gasteiger partial charge is 0.264 e. The van der Waals surface area contributed by atoms with Crippen molar-refractivity contribution in [1.29, 1.82) is 0 Å². The predicted octanol–water partition coefficient (Wildman–Crippen LogP) is 5.71. The van der Waals surface area contributed by atoms with Crippen molar-refractivity contribution in [2.75, 3.05) is 14.1 Å². The predicted molar refractivity (Wildman–Crippen MR) is 143 cm³/mol. The van der Waals surface area contributed by atoms with Gasteiger partial charge in [-0.15, -0.1) is 0 Å². The lowest BCUT2D eigenvalue weighted by Gasteiger charge is -2.22. The maximum absolute atomic E-state index is 13.0. The average Bonchev–Trinajstić information content (AvgIpc) is 2.79. The van der Waals surface area contributed by atoms with Crippen molar-refractivity contribution in [2.45, 2.75) is 57.4 Å². The summed E-state index contributed by atoms with van der Waals surface area (Å²) >= 11 is 0. The van der Waals surface area contributed by atoms with E-state index in [9.17, 15) is 13.2 Å². The van der Waals surface area contributed by atoms with Gasteiger partial charge in [-0.05, 0) is 71.4 Å². The van der Waals surface area contributed by atoms with Gasteiger partial charge < -0.3 is 4.90 Å². The van der Waals surface area contributed by atoms with Gasteiger partial charge in [-0.1, -0.05) is 82.3 Å². The summed E-state index contributed by atoms with van der Waals surface area (Å²) in [4.78, 5) is 15.1. The summed E-state index contributed by atoms with van der Waals surface area (Å²) < 4.78 is 28.1. The molecule has 3 rings (SSSR count). The number of carbonyl (C=O) groups is 1. The lowest BCUT2D eigenvalue weighted by atomic mass is 9.84. The average molecular weight is 493 g/mol. The Kier molecular flexibility index (Phi) is 8.51. The third-order valence-electron chi connectivity index (χ3n) is 5.99. The van der Waals surface area contributed by atoms with Crippen LogP contribution in [0.3, 0.4) is 0 Å². The molecule has 3 aromatic carbocycles. The number of carbonyl (C=O) groups excluding carboxylic acids is 1. The Morgan fingerprint density at radius 2 is 1.37 bits per heavy atom. The van der Waals surface area contributed by atoms with Crippen molar-refractivity contribution in [3.63, 3.8) is 0 Å². The molecule has 0 atom stereocenters. The minimum atomic E-state index is -3.96. The van der Waals surface area contributed by atoms with Gasteiger partial charge in [0.15, 0.2) is 0 Å². The molecule has 1 N–H and O–H groups in total. The van der Waals surface area contributed by atoms with Gasteiger partial charge in [0.25, 0.3) is 10.0 Å². The Balaban J connectivity index is 1.90. The van der Waals surface area contributed by atoms with E-state index in [1.807, 2.05) is 37.2 Å². The standard InChI is InChI=1S/C29H36N2O3S/c1-20(2)26-16-24(23-10-8-7-9-11-23)17-27(21(3)4)28(26)18-29(32)30-35(33,34)25-14-12-22(13-15-25)19-31(5)6/h7-17,20-21H,18-19H2,1-6H3,(H,30,32). The zero-order valence-corrected chi connectivity index (χ0v) is 22.3. The molecule has 186 valence electrons. The van der Waals surface area contributed by atoms with Crippen molar-refractivity contribution in [2.24, 2.45) is 0 Å². The molecule has 3 aromatic rings. The van der Waals surface area contributed by atoms with Crippen molar-refractivity contribution in [3.05, 3.63) is 89.0 Å². The molecular formula is C29H36N2O3S. The van der Waals surface area contributed by atoms with E-state index >= 15 is 0 Å². The zero-order valence-electron chi connectivity index (χ0n) is 21.5. The molecular weight excluding hydrogens is 456 g/mol. The molecule has 0 bridgehead atoms. The highest BCUT2D eigenvalue weighted by Crippen LogP contribution is 2.34. The molecule has 0 aromatic heterocycles. The topological polar surface area (TPSA) is 66.5 Å². The van der Waals surface area contributed by atoms with Crippen LogP contribution >= 0.6 is 0 Å². The Morgan fingerprint density at radius 1 is 0.829 bits per heavy atom. The van der Waals surface area contributed by atoms with Gasteiger partial charge in [0, 0.05) is 6.54 Å². The number of nitrogens with one attached hydrogen (secondary N) is 1. The molecule has 6 heteroatoms. The maximum Gasteiger partial charge on any atom is 0.264 e. The van der Waals surface area contributed by atoms with Crippen LogP contribution in [0.5, 0.6) is 0 Å². The normalized spacial score (nSPS) is 11.9. The SMILES string of the molecule is CC(C)c1cc(-c2ccccc2)cc(C(C)C)c1CC(=O)NS(=O)(=O)c1ccc(CN(C)C)cc1. The van der Waals surface area contributed by atoms with Gasteiger partial charge in [-0.25, -0.2) is 13.1 Å². The minimum absolute atomic E-state index is 0.00798. The number of amides is 1. The number of benzene rings is 3. The molecule has 0 aliphatic carbocycles. The van der Waals surface area contributed by atoms with Crippen LogP contribution in [0.2, 0.25) is 0 Å². The summed E-state index contributed by atoms with van der Waals surface area (Å²) in [5.41, 5.74) is 6.26. The summed E-state index contributed by atoms with van der Waals surface area (Å²) in [6.45, 7) is 9.11.